The molecule has 1 amide bonds. The van der Waals surface area contributed by atoms with Crippen LogP contribution in [0.5, 0.6) is 23.0 Å². The molecule has 0 saturated carbocycles. The molecule has 0 fully saturated rings. The first-order valence-electron chi connectivity index (χ1n) is 8.36. The molecule has 0 aliphatic carbocycles. The molecule has 29 heavy (non-hydrogen) atoms. The van der Waals surface area contributed by atoms with E-state index >= 15 is 0 Å². The highest BCUT2D eigenvalue weighted by molar-refractivity contribution is 6.06. The number of nitrogens with one attached hydrogen (secondary N) is 1. The monoisotopic (exact) mass is 403 g/mol. The predicted octanol–water partition coefficient (Wildman–Crippen LogP) is 2.68. The van der Waals surface area contributed by atoms with E-state index in [1.54, 1.807) is 0 Å². The highest BCUT2D eigenvalue weighted by Crippen LogP contribution is 2.38. The quantitative estimate of drug-likeness (QED) is 0.555. The van der Waals surface area contributed by atoms with Gasteiger partial charge in [-0.25, -0.2) is 4.79 Å². The van der Waals surface area contributed by atoms with Gasteiger partial charge in [0.1, 0.15) is 11.3 Å². The number of benzene rings is 2. The van der Waals surface area contributed by atoms with Crippen molar-refractivity contribution in [2.75, 3.05) is 33.8 Å². The van der Waals surface area contributed by atoms with Gasteiger partial charge in [-0.3, -0.25) is 9.59 Å². The van der Waals surface area contributed by atoms with Crippen LogP contribution in [0.3, 0.4) is 0 Å². The van der Waals surface area contributed by atoms with E-state index in [1.165, 1.54) is 65.7 Å². The van der Waals surface area contributed by atoms with Gasteiger partial charge >= 0.3 is 11.9 Å². The second kappa shape index (κ2) is 9.45. The van der Waals surface area contributed by atoms with Crippen molar-refractivity contribution >= 4 is 23.5 Å². The van der Waals surface area contributed by atoms with E-state index in [0.29, 0.717) is 22.9 Å². The Labute approximate surface area is 167 Å². The summed E-state index contributed by atoms with van der Waals surface area (Å²) in [5, 5.41) is 2.66. The number of methoxy groups -OCH3 is 4. The van der Waals surface area contributed by atoms with Crippen molar-refractivity contribution in [2.24, 2.45) is 0 Å². The predicted molar refractivity (Wildman–Crippen MR) is 103 cm³/mol. The number of amides is 1. The normalized spacial score (nSPS) is 9.97. The molecule has 0 bridgehead atoms. The Hall–Kier alpha value is -3.75. The van der Waals surface area contributed by atoms with Crippen LogP contribution in [0.1, 0.15) is 27.6 Å². The van der Waals surface area contributed by atoms with E-state index in [9.17, 15) is 14.4 Å². The van der Waals surface area contributed by atoms with Crippen molar-refractivity contribution in [1.29, 1.82) is 0 Å². The zero-order chi connectivity index (χ0) is 21.6. The molecule has 2 aromatic rings. The van der Waals surface area contributed by atoms with Gasteiger partial charge in [0.15, 0.2) is 11.5 Å². The summed E-state index contributed by atoms with van der Waals surface area (Å²) in [5.41, 5.74) is 0.522. The summed E-state index contributed by atoms with van der Waals surface area (Å²) in [6.07, 6.45) is 0. The first-order chi connectivity index (χ1) is 13.8. The molecular formula is C20H21NO8. The lowest BCUT2D eigenvalue weighted by molar-refractivity contribution is -0.131. The van der Waals surface area contributed by atoms with E-state index in [-0.39, 0.29) is 16.9 Å². The zero-order valence-electron chi connectivity index (χ0n) is 16.7. The molecule has 1 N–H and O–H groups in total. The number of anilines is 1. The Morgan fingerprint density at radius 2 is 1.45 bits per heavy atom. The van der Waals surface area contributed by atoms with E-state index in [4.69, 9.17) is 23.7 Å². The van der Waals surface area contributed by atoms with Crippen molar-refractivity contribution < 1.29 is 38.1 Å². The highest BCUT2D eigenvalue weighted by Gasteiger charge is 2.19. The molecule has 0 spiro atoms. The molecule has 0 unspecified atom stereocenters. The minimum Gasteiger partial charge on any atom is -0.493 e. The maximum atomic E-state index is 12.7. The van der Waals surface area contributed by atoms with Gasteiger partial charge in [0.05, 0.1) is 28.4 Å². The fraction of sp³-hybridized carbons (Fsp3) is 0.250. The minimum atomic E-state index is -0.717. The third kappa shape index (κ3) is 4.95. The zero-order valence-corrected chi connectivity index (χ0v) is 16.7. The van der Waals surface area contributed by atoms with Gasteiger partial charge in [0.2, 0.25) is 5.75 Å². The standard InChI is InChI=1S/C20H21NO8/c1-11(22)29-15-7-6-13(10-14(15)20(24)28-5)21-19(23)12-8-16(25-2)18(27-4)17(9-12)26-3/h6-10H,1-5H3,(H,21,23). The molecule has 0 saturated heterocycles. The Balaban J connectivity index is 2.37. The van der Waals surface area contributed by atoms with Crippen molar-refractivity contribution in [3.8, 4) is 23.0 Å². The molecule has 0 aromatic heterocycles. The summed E-state index contributed by atoms with van der Waals surface area (Å²) >= 11 is 0. The summed E-state index contributed by atoms with van der Waals surface area (Å²) in [6.45, 7) is 1.21. The number of ether oxygens (including phenoxy) is 5. The average molecular weight is 403 g/mol. The van der Waals surface area contributed by atoms with Crippen molar-refractivity contribution in [2.45, 2.75) is 6.92 Å². The minimum absolute atomic E-state index is 0.00890. The molecule has 2 aromatic carbocycles. The van der Waals surface area contributed by atoms with Gasteiger partial charge < -0.3 is 29.0 Å². The van der Waals surface area contributed by atoms with Gasteiger partial charge in [-0.1, -0.05) is 0 Å². The first-order valence-corrected chi connectivity index (χ1v) is 8.36. The molecule has 9 nitrogen and oxygen atoms in total. The van der Waals surface area contributed by atoms with E-state index in [1.807, 2.05) is 0 Å². The van der Waals surface area contributed by atoms with Crippen LogP contribution in [-0.4, -0.2) is 46.3 Å². The first kappa shape index (κ1) is 21.5. The number of hydrogen-bond donors (Lipinski definition) is 1. The van der Waals surface area contributed by atoms with Crippen LogP contribution in [0.15, 0.2) is 30.3 Å². The lowest BCUT2D eigenvalue weighted by Crippen LogP contribution is -2.14. The highest BCUT2D eigenvalue weighted by atomic mass is 16.5. The SMILES string of the molecule is COC(=O)c1cc(NC(=O)c2cc(OC)c(OC)c(OC)c2)ccc1OC(C)=O. The lowest BCUT2D eigenvalue weighted by atomic mass is 10.1. The Bertz CT molecular complexity index is 913. The van der Waals surface area contributed by atoms with Crippen LogP contribution in [0.4, 0.5) is 5.69 Å². The van der Waals surface area contributed by atoms with Gasteiger partial charge in [-0.05, 0) is 30.3 Å². The second-order valence-electron chi connectivity index (χ2n) is 5.66. The van der Waals surface area contributed by atoms with E-state index in [0.717, 1.165) is 0 Å². The lowest BCUT2D eigenvalue weighted by Gasteiger charge is -2.14. The van der Waals surface area contributed by atoms with Crippen LogP contribution in [-0.2, 0) is 9.53 Å². The molecule has 0 aliphatic rings. The Morgan fingerprint density at radius 3 is 1.93 bits per heavy atom. The number of hydrogen-bond acceptors (Lipinski definition) is 8. The average Bonchev–Trinajstić information content (AvgIpc) is 2.72. The number of rotatable bonds is 7. The number of carbonyl (C=O) groups excluding carboxylic acids is 3. The fourth-order valence-electron chi connectivity index (χ4n) is 2.54. The second-order valence-corrected chi connectivity index (χ2v) is 5.66. The molecule has 0 radical (unpaired) electrons. The van der Waals surface area contributed by atoms with Crippen LogP contribution >= 0.6 is 0 Å². The van der Waals surface area contributed by atoms with Crippen LogP contribution in [0.2, 0.25) is 0 Å². The number of esters is 2. The molecule has 2 rings (SSSR count). The van der Waals surface area contributed by atoms with Crippen LogP contribution in [0, 0.1) is 0 Å². The van der Waals surface area contributed by atoms with Gasteiger partial charge in [-0.15, -0.1) is 0 Å². The summed E-state index contributed by atoms with van der Waals surface area (Å²) in [5.74, 6) is -0.787. The molecule has 154 valence electrons. The molecule has 0 heterocycles. The maximum absolute atomic E-state index is 12.7. The summed E-state index contributed by atoms with van der Waals surface area (Å²) in [4.78, 5) is 35.9. The Kier molecular flexibility index (Phi) is 7.02. The van der Waals surface area contributed by atoms with E-state index in [2.05, 4.69) is 5.32 Å². The molecule has 9 heteroatoms. The summed E-state index contributed by atoms with van der Waals surface area (Å²) in [6, 6.07) is 7.20. The topological polar surface area (TPSA) is 109 Å². The van der Waals surface area contributed by atoms with E-state index < -0.39 is 17.8 Å². The van der Waals surface area contributed by atoms with Crippen molar-refractivity contribution in [1.82, 2.24) is 0 Å². The smallest absolute Gasteiger partial charge is 0.341 e. The molecule has 0 atom stereocenters. The van der Waals surface area contributed by atoms with Crippen molar-refractivity contribution in [3.05, 3.63) is 41.5 Å². The number of carbonyl (C=O) groups is 3. The van der Waals surface area contributed by atoms with Crippen LogP contribution in [0.25, 0.3) is 0 Å². The van der Waals surface area contributed by atoms with Crippen LogP contribution < -0.4 is 24.3 Å². The largest absolute Gasteiger partial charge is 0.493 e. The maximum Gasteiger partial charge on any atom is 0.341 e. The van der Waals surface area contributed by atoms with Crippen molar-refractivity contribution in [3.63, 3.8) is 0 Å². The Morgan fingerprint density at radius 1 is 0.828 bits per heavy atom. The summed E-state index contributed by atoms with van der Waals surface area (Å²) < 4.78 is 25.4. The van der Waals surface area contributed by atoms with Gasteiger partial charge in [-0.2, -0.15) is 0 Å². The molecular weight excluding hydrogens is 382 g/mol. The third-order valence-corrected chi connectivity index (χ3v) is 3.82. The summed E-state index contributed by atoms with van der Waals surface area (Å²) in [7, 11) is 5.53. The molecule has 0 aliphatic heterocycles. The van der Waals surface area contributed by atoms with Gasteiger partial charge in [0.25, 0.3) is 5.91 Å². The van der Waals surface area contributed by atoms with Gasteiger partial charge in [0, 0.05) is 18.2 Å². The third-order valence-electron chi connectivity index (χ3n) is 3.82. The fourth-order valence-corrected chi connectivity index (χ4v) is 2.54.